The second-order valence-electron chi connectivity index (χ2n) is 2.88. The van der Waals surface area contributed by atoms with Gasteiger partial charge in [0.1, 0.15) is 0 Å². The van der Waals surface area contributed by atoms with Gasteiger partial charge in [0.15, 0.2) is 23.4 Å². The number of methoxy groups -OCH3 is 1. The molecule has 0 aliphatic rings. The molecule has 0 aliphatic heterocycles. The van der Waals surface area contributed by atoms with E-state index in [0.29, 0.717) is 0 Å². The van der Waals surface area contributed by atoms with Crippen LogP contribution in [0.15, 0.2) is 6.07 Å². The number of aliphatic carboxylic acids is 1. The summed E-state index contributed by atoms with van der Waals surface area (Å²) in [6, 6.07) is 0.855. The lowest BCUT2D eigenvalue weighted by Gasteiger charge is -2.14. The van der Waals surface area contributed by atoms with Gasteiger partial charge in [0.05, 0.1) is 17.7 Å². The van der Waals surface area contributed by atoms with E-state index in [-0.39, 0.29) is 0 Å². The number of phenols is 1. The highest BCUT2D eigenvalue weighted by atomic mass is 35.5. The number of aliphatic hydroxyl groups excluding tert-OH is 1. The molecule has 88 valence electrons. The number of carboxylic acids is 1. The molecule has 7 heteroatoms. The first-order valence-corrected chi connectivity index (χ1v) is 4.43. The highest BCUT2D eigenvalue weighted by Gasteiger charge is 2.28. The molecule has 0 aromatic heterocycles. The number of carbonyl (C=O) groups is 1. The molecule has 0 saturated carbocycles. The molecular formula is C9H8ClFO5. The van der Waals surface area contributed by atoms with Gasteiger partial charge in [0.25, 0.3) is 0 Å². The van der Waals surface area contributed by atoms with E-state index < -0.39 is 40.0 Å². The highest BCUT2D eigenvalue weighted by molar-refractivity contribution is 6.31. The van der Waals surface area contributed by atoms with Gasteiger partial charge in [-0.15, -0.1) is 0 Å². The average molecular weight is 251 g/mol. The summed E-state index contributed by atoms with van der Waals surface area (Å²) in [6.07, 6.45) is -2.17. The van der Waals surface area contributed by atoms with Gasteiger partial charge in [-0.05, 0) is 0 Å². The van der Waals surface area contributed by atoms with Crippen molar-refractivity contribution < 1.29 is 29.2 Å². The van der Waals surface area contributed by atoms with Crippen LogP contribution in [0.5, 0.6) is 11.5 Å². The molecule has 0 radical (unpaired) electrons. The molecule has 0 aliphatic carbocycles. The standard InChI is InChI=1S/C9H8ClFO5/c1-16-8-4(12)2-3(10)6(11)5(8)7(13)9(14)15/h2,7,12-13H,1H3,(H,14,15). The van der Waals surface area contributed by atoms with Crippen molar-refractivity contribution in [1.82, 2.24) is 0 Å². The summed E-state index contributed by atoms with van der Waals surface area (Å²) in [6.45, 7) is 0. The summed E-state index contributed by atoms with van der Waals surface area (Å²) in [4.78, 5) is 10.5. The second-order valence-corrected chi connectivity index (χ2v) is 3.29. The number of carboxylic acid groups (broad SMARTS) is 1. The molecule has 0 heterocycles. The molecule has 0 bridgehead atoms. The second kappa shape index (κ2) is 4.54. The fraction of sp³-hybridized carbons (Fsp3) is 0.222. The molecule has 1 atom stereocenters. The van der Waals surface area contributed by atoms with E-state index in [2.05, 4.69) is 4.74 Å². The van der Waals surface area contributed by atoms with Gasteiger partial charge >= 0.3 is 5.97 Å². The first-order chi connectivity index (χ1) is 7.40. The largest absolute Gasteiger partial charge is 0.504 e. The van der Waals surface area contributed by atoms with Crippen LogP contribution in [0.1, 0.15) is 11.7 Å². The molecule has 1 rings (SSSR count). The number of aromatic hydroxyl groups is 1. The Morgan fingerprint density at radius 3 is 2.62 bits per heavy atom. The Morgan fingerprint density at radius 1 is 1.62 bits per heavy atom. The number of rotatable bonds is 3. The molecular weight excluding hydrogens is 243 g/mol. The van der Waals surface area contributed by atoms with Gasteiger partial charge in [0.2, 0.25) is 0 Å². The molecule has 1 aromatic rings. The minimum absolute atomic E-state index is 0.461. The quantitative estimate of drug-likeness (QED) is 0.753. The molecule has 1 aromatic carbocycles. The molecule has 0 amide bonds. The predicted octanol–water partition coefficient (Wildman–Crippen LogP) is 1.31. The van der Waals surface area contributed by atoms with Crippen LogP contribution in [0.2, 0.25) is 5.02 Å². The SMILES string of the molecule is COc1c(O)cc(Cl)c(F)c1C(O)C(=O)O. The summed E-state index contributed by atoms with van der Waals surface area (Å²) >= 11 is 5.40. The van der Waals surface area contributed by atoms with Gasteiger partial charge in [-0.25, -0.2) is 9.18 Å². The van der Waals surface area contributed by atoms with E-state index in [4.69, 9.17) is 16.7 Å². The van der Waals surface area contributed by atoms with Crippen LogP contribution in [-0.4, -0.2) is 28.4 Å². The van der Waals surface area contributed by atoms with E-state index in [1.54, 1.807) is 0 Å². The Kier molecular flexibility index (Phi) is 3.56. The van der Waals surface area contributed by atoms with Crippen LogP contribution in [0.25, 0.3) is 0 Å². The van der Waals surface area contributed by atoms with Crippen molar-refractivity contribution in [2.75, 3.05) is 7.11 Å². The van der Waals surface area contributed by atoms with Crippen molar-refractivity contribution in [3.63, 3.8) is 0 Å². The van der Waals surface area contributed by atoms with Crippen molar-refractivity contribution in [1.29, 1.82) is 0 Å². The number of halogens is 2. The Labute approximate surface area is 94.7 Å². The Bertz CT molecular complexity index is 434. The minimum Gasteiger partial charge on any atom is -0.504 e. The number of hydrogen-bond donors (Lipinski definition) is 3. The fourth-order valence-electron chi connectivity index (χ4n) is 1.20. The van der Waals surface area contributed by atoms with Crippen molar-refractivity contribution in [2.45, 2.75) is 6.10 Å². The molecule has 16 heavy (non-hydrogen) atoms. The van der Waals surface area contributed by atoms with Crippen LogP contribution in [-0.2, 0) is 4.79 Å². The summed E-state index contributed by atoms with van der Waals surface area (Å²) in [5.41, 5.74) is -0.708. The Morgan fingerprint density at radius 2 is 2.19 bits per heavy atom. The predicted molar refractivity (Wildman–Crippen MR) is 52.2 cm³/mol. The third-order valence-electron chi connectivity index (χ3n) is 1.90. The van der Waals surface area contributed by atoms with E-state index in [0.717, 1.165) is 13.2 Å². The number of phenolic OH excluding ortho intramolecular Hbond substituents is 1. The van der Waals surface area contributed by atoms with Crippen LogP contribution in [0.4, 0.5) is 4.39 Å². The Balaban J connectivity index is 3.50. The fourth-order valence-corrected chi connectivity index (χ4v) is 1.40. The van der Waals surface area contributed by atoms with Gasteiger partial charge in [-0.2, -0.15) is 0 Å². The van der Waals surface area contributed by atoms with Gasteiger partial charge in [-0.3, -0.25) is 0 Å². The minimum atomic E-state index is -2.17. The Hall–Kier alpha value is -1.53. The third kappa shape index (κ3) is 2.02. The molecule has 0 fully saturated rings. The lowest BCUT2D eigenvalue weighted by molar-refractivity contribution is -0.147. The zero-order valence-electron chi connectivity index (χ0n) is 8.07. The zero-order chi connectivity index (χ0) is 12.5. The summed E-state index contributed by atoms with van der Waals surface area (Å²) in [5, 5.41) is 26.7. The first kappa shape index (κ1) is 12.5. The number of ether oxygens (including phenoxy) is 1. The average Bonchev–Trinajstić information content (AvgIpc) is 2.21. The normalized spacial score (nSPS) is 12.2. The molecule has 0 saturated heterocycles. The first-order valence-electron chi connectivity index (χ1n) is 4.05. The van der Waals surface area contributed by atoms with Crippen molar-refractivity contribution in [3.8, 4) is 11.5 Å². The molecule has 1 unspecified atom stereocenters. The van der Waals surface area contributed by atoms with Gasteiger partial charge in [0, 0.05) is 6.07 Å². The molecule has 5 nitrogen and oxygen atoms in total. The van der Waals surface area contributed by atoms with Crippen molar-refractivity contribution in [2.24, 2.45) is 0 Å². The van der Waals surface area contributed by atoms with Crippen molar-refractivity contribution >= 4 is 17.6 Å². The van der Waals surface area contributed by atoms with Crippen LogP contribution in [0.3, 0.4) is 0 Å². The van der Waals surface area contributed by atoms with Gasteiger partial charge < -0.3 is 20.1 Å². The summed E-state index contributed by atoms with van der Waals surface area (Å²) < 4.78 is 18.1. The van der Waals surface area contributed by atoms with Crippen molar-refractivity contribution in [3.05, 3.63) is 22.5 Å². The van der Waals surface area contributed by atoms with E-state index in [1.807, 2.05) is 0 Å². The highest BCUT2D eigenvalue weighted by Crippen LogP contribution is 2.39. The van der Waals surface area contributed by atoms with E-state index >= 15 is 0 Å². The van der Waals surface area contributed by atoms with Crippen LogP contribution < -0.4 is 4.74 Å². The smallest absolute Gasteiger partial charge is 0.337 e. The monoisotopic (exact) mass is 250 g/mol. The van der Waals surface area contributed by atoms with Gasteiger partial charge in [-0.1, -0.05) is 11.6 Å². The maximum absolute atomic E-state index is 13.5. The lowest BCUT2D eigenvalue weighted by Crippen LogP contribution is -2.14. The summed E-state index contributed by atoms with van der Waals surface area (Å²) in [5.74, 6) is -3.84. The van der Waals surface area contributed by atoms with Crippen LogP contribution in [0, 0.1) is 5.82 Å². The number of aliphatic hydroxyl groups is 1. The number of benzene rings is 1. The zero-order valence-corrected chi connectivity index (χ0v) is 8.82. The maximum Gasteiger partial charge on any atom is 0.337 e. The van der Waals surface area contributed by atoms with E-state index in [1.165, 1.54) is 0 Å². The van der Waals surface area contributed by atoms with E-state index in [9.17, 15) is 19.4 Å². The maximum atomic E-state index is 13.5. The lowest BCUT2D eigenvalue weighted by atomic mass is 10.1. The number of hydrogen-bond acceptors (Lipinski definition) is 4. The topological polar surface area (TPSA) is 87.0 Å². The summed E-state index contributed by atoms with van der Waals surface area (Å²) in [7, 11) is 1.10. The van der Waals surface area contributed by atoms with Crippen LogP contribution >= 0.6 is 11.6 Å². The molecule has 0 spiro atoms. The third-order valence-corrected chi connectivity index (χ3v) is 2.17. The molecule has 3 N–H and O–H groups in total.